The lowest BCUT2D eigenvalue weighted by molar-refractivity contribution is 0.175. The third kappa shape index (κ3) is 3.61. The molecule has 0 aliphatic carbocycles. The summed E-state index contributed by atoms with van der Waals surface area (Å²) in [6, 6.07) is 4.69. The fourth-order valence-electron chi connectivity index (χ4n) is 3.87. The van der Waals surface area contributed by atoms with Crippen LogP contribution in [0.4, 0.5) is 15.9 Å². The summed E-state index contributed by atoms with van der Waals surface area (Å²) in [6.45, 7) is 3.52. The van der Waals surface area contributed by atoms with Gasteiger partial charge < -0.3 is 20.3 Å². The van der Waals surface area contributed by atoms with Gasteiger partial charge in [-0.1, -0.05) is 23.2 Å². The van der Waals surface area contributed by atoms with Gasteiger partial charge in [-0.3, -0.25) is 5.43 Å². The molecule has 0 bridgehead atoms. The molecule has 2 unspecified atom stereocenters. The Balaban J connectivity index is 1.38. The summed E-state index contributed by atoms with van der Waals surface area (Å²) in [6.07, 6.45) is 0.499. The van der Waals surface area contributed by atoms with Crippen LogP contribution in [0.25, 0.3) is 0 Å². The number of hydrazone groups is 1. The van der Waals surface area contributed by atoms with Crippen LogP contribution in [0.3, 0.4) is 0 Å². The Labute approximate surface area is 182 Å². The summed E-state index contributed by atoms with van der Waals surface area (Å²) in [4.78, 5) is 2.05. The lowest BCUT2D eigenvalue weighted by Gasteiger charge is -2.32. The van der Waals surface area contributed by atoms with E-state index in [0.29, 0.717) is 47.6 Å². The van der Waals surface area contributed by atoms with Crippen molar-refractivity contribution in [3.8, 4) is 0 Å². The van der Waals surface area contributed by atoms with E-state index in [-0.39, 0.29) is 10.9 Å². The molecule has 3 aliphatic heterocycles. The molecule has 3 N–H and O–H groups in total. The summed E-state index contributed by atoms with van der Waals surface area (Å²) < 4.78 is 20.0. The zero-order valence-corrected chi connectivity index (χ0v) is 17.5. The molecule has 1 saturated heterocycles. The minimum absolute atomic E-state index is 0.0360. The maximum Gasteiger partial charge on any atom is 0.231 e. The highest BCUT2D eigenvalue weighted by Crippen LogP contribution is 2.34. The Morgan fingerprint density at radius 1 is 1.23 bits per heavy atom. The fourth-order valence-corrected chi connectivity index (χ4v) is 4.36. The highest BCUT2D eigenvalue weighted by Gasteiger charge is 2.32. The van der Waals surface area contributed by atoms with Gasteiger partial charge in [0.2, 0.25) is 12.1 Å². The molecule has 0 radical (unpaired) electrons. The van der Waals surface area contributed by atoms with E-state index in [1.807, 2.05) is 11.0 Å². The Hall–Kier alpha value is -2.36. The SMILES string of the molecule is Fc1ccc(Cl)c(CN2CCNc3nnc(C4NN=C(C5CCNC5)O4)cc32)c1Cl. The van der Waals surface area contributed by atoms with E-state index in [2.05, 4.69) is 31.4 Å². The molecule has 0 spiro atoms. The van der Waals surface area contributed by atoms with Crippen molar-refractivity contribution >= 4 is 40.6 Å². The summed E-state index contributed by atoms with van der Waals surface area (Å²) in [5.74, 6) is 1.11. The summed E-state index contributed by atoms with van der Waals surface area (Å²) >= 11 is 12.5. The Bertz CT molecular complexity index is 999. The second kappa shape index (κ2) is 8.05. The van der Waals surface area contributed by atoms with E-state index in [0.717, 1.165) is 25.2 Å². The number of ether oxygens (including phenoxy) is 1. The molecular weight excluding hydrogens is 432 g/mol. The first-order valence-corrected chi connectivity index (χ1v) is 10.5. The molecule has 0 saturated carbocycles. The van der Waals surface area contributed by atoms with E-state index in [1.54, 1.807) is 0 Å². The lowest BCUT2D eigenvalue weighted by Crippen LogP contribution is -2.35. The molecule has 2 atom stereocenters. The van der Waals surface area contributed by atoms with Gasteiger partial charge in [0.25, 0.3) is 0 Å². The third-order valence-corrected chi connectivity index (χ3v) is 6.27. The third-order valence-electron chi connectivity index (χ3n) is 5.50. The molecule has 11 heteroatoms. The molecule has 1 aromatic carbocycles. The van der Waals surface area contributed by atoms with Crippen LogP contribution in [0.15, 0.2) is 23.3 Å². The molecule has 3 aliphatic rings. The number of benzene rings is 1. The monoisotopic (exact) mass is 451 g/mol. The normalized spacial score (nSPS) is 22.8. The number of nitrogens with one attached hydrogen (secondary N) is 3. The van der Waals surface area contributed by atoms with Crippen molar-refractivity contribution in [2.75, 3.05) is 36.4 Å². The minimum atomic E-state index is -0.497. The number of nitrogens with zero attached hydrogens (tertiary/aromatic N) is 4. The second-order valence-electron chi connectivity index (χ2n) is 7.44. The van der Waals surface area contributed by atoms with Gasteiger partial charge in [-0.05, 0) is 31.2 Å². The largest absolute Gasteiger partial charge is 0.448 e. The highest BCUT2D eigenvalue weighted by molar-refractivity contribution is 6.36. The minimum Gasteiger partial charge on any atom is -0.448 e. The van der Waals surface area contributed by atoms with Gasteiger partial charge in [0.15, 0.2) is 5.82 Å². The average Bonchev–Trinajstić information content (AvgIpc) is 3.45. The van der Waals surface area contributed by atoms with Crippen LogP contribution in [-0.2, 0) is 11.3 Å². The van der Waals surface area contributed by atoms with Crippen molar-refractivity contribution in [1.82, 2.24) is 20.9 Å². The van der Waals surface area contributed by atoms with Crippen molar-refractivity contribution in [3.63, 3.8) is 0 Å². The van der Waals surface area contributed by atoms with Crippen molar-refractivity contribution < 1.29 is 9.13 Å². The van der Waals surface area contributed by atoms with E-state index in [4.69, 9.17) is 27.9 Å². The zero-order chi connectivity index (χ0) is 20.7. The van der Waals surface area contributed by atoms with Gasteiger partial charge in [-0.25, -0.2) is 4.39 Å². The van der Waals surface area contributed by atoms with Crippen LogP contribution < -0.4 is 21.0 Å². The maximum absolute atomic E-state index is 14.0. The quantitative estimate of drug-likeness (QED) is 0.615. The van der Waals surface area contributed by atoms with Crippen LogP contribution in [0.1, 0.15) is 23.9 Å². The molecule has 2 aromatic rings. The first-order valence-electron chi connectivity index (χ1n) is 9.79. The molecule has 30 heavy (non-hydrogen) atoms. The Morgan fingerprint density at radius 2 is 2.13 bits per heavy atom. The number of rotatable bonds is 4. The summed E-state index contributed by atoms with van der Waals surface area (Å²) in [7, 11) is 0. The van der Waals surface area contributed by atoms with Gasteiger partial charge in [0.1, 0.15) is 11.5 Å². The summed E-state index contributed by atoms with van der Waals surface area (Å²) in [5.41, 5.74) is 4.98. The Morgan fingerprint density at radius 3 is 2.97 bits per heavy atom. The van der Waals surface area contributed by atoms with Gasteiger partial charge in [0.05, 0.1) is 16.6 Å². The number of hydrogen-bond donors (Lipinski definition) is 3. The first kappa shape index (κ1) is 19.6. The summed E-state index contributed by atoms with van der Waals surface area (Å²) in [5, 5.41) is 20.0. The van der Waals surface area contributed by atoms with Crippen LogP contribution in [0.2, 0.25) is 10.0 Å². The van der Waals surface area contributed by atoms with E-state index in [9.17, 15) is 4.39 Å². The molecule has 1 fully saturated rings. The van der Waals surface area contributed by atoms with Gasteiger partial charge in [-0.2, -0.15) is 0 Å². The molecule has 0 amide bonds. The molecule has 5 rings (SSSR count). The van der Waals surface area contributed by atoms with Crippen molar-refractivity contribution in [2.45, 2.75) is 19.2 Å². The van der Waals surface area contributed by atoms with Crippen LogP contribution in [-0.4, -0.2) is 42.3 Å². The second-order valence-corrected chi connectivity index (χ2v) is 8.23. The first-order chi connectivity index (χ1) is 14.6. The topological polar surface area (TPSA) is 86.7 Å². The van der Waals surface area contributed by atoms with Crippen LogP contribution in [0.5, 0.6) is 0 Å². The fraction of sp³-hybridized carbons (Fsp3) is 0.421. The zero-order valence-electron chi connectivity index (χ0n) is 16.0. The Kier molecular flexibility index (Phi) is 5.26. The molecule has 158 valence electrons. The van der Waals surface area contributed by atoms with Crippen molar-refractivity contribution in [1.29, 1.82) is 0 Å². The van der Waals surface area contributed by atoms with E-state index >= 15 is 0 Å². The molecule has 4 heterocycles. The van der Waals surface area contributed by atoms with E-state index in [1.165, 1.54) is 12.1 Å². The predicted molar refractivity (Wildman–Crippen MR) is 113 cm³/mol. The van der Waals surface area contributed by atoms with Gasteiger partial charge >= 0.3 is 0 Å². The standard InChI is InChI=1S/C19H20Cl2FN7O/c20-12-1-2-13(22)16(21)11(12)9-29-6-5-24-17-15(29)7-14(25-26-17)19-28-27-18(30-19)10-3-4-23-8-10/h1-2,7,10,19,23,28H,3-6,8-9H2,(H,24,26). The number of halogens is 3. The maximum atomic E-state index is 14.0. The number of fused-ring (bicyclic) bond motifs is 1. The van der Waals surface area contributed by atoms with Crippen molar-refractivity contribution in [3.05, 3.63) is 45.3 Å². The van der Waals surface area contributed by atoms with Crippen LogP contribution in [0, 0.1) is 11.7 Å². The average molecular weight is 452 g/mol. The molecule has 1 aromatic heterocycles. The number of anilines is 2. The molecular formula is C19H20Cl2FN7O. The number of hydrogen-bond acceptors (Lipinski definition) is 8. The van der Waals surface area contributed by atoms with Gasteiger partial charge in [-0.15, -0.1) is 15.3 Å². The van der Waals surface area contributed by atoms with Crippen LogP contribution >= 0.6 is 23.2 Å². The molecule has 8 nitrogen and oxygen atoms in total. The number of aromatic nitrogens is 2. The highest BCUT2D eigenvalue weighted by atomic mass is 35.5. The smallest absolute Gasteiger partial charge is 0.231 e. The predicted octanol–water partition coefficient (Wildman–Crippen LogP) is 2.90. The lowest BCUT2D eigenvalue weighted by atomic mass is 10.1. The van der Waals surface area contributed by atoms with Gasteiger partial charge in [0, 0.05) is 36.8 Å². The van der Waals surface area contributed by atoms with E-state index < -0.39 is 12.0 Å². The van der Waals surface area contributed by atoms with Crippen molar-refractivity contribution in [2.24, 2.45) is 11.0 Å².